The van der Waals surface area contributed by atoms with Crippen LogP contribution in [0.2, 0.25) is 0 Å². The summed E-state index contributed by atoms with van der Waals surface area (Å²) < 4.78 is 5.88. The van der Waals surface area contributed by atoms with Crippen LogP contribution in [0.3, 0.4) is 0 Å². The van der Waals surface area contributed by atoms with Crippen LogP contribution in [0.5, 0.6) is 0 Å². The Labute approximate surface area is 165 Å². The fraction of sp³-hybridized carbons (Fsp3) is 0.300. The molecule has 3 aromatic rings. The molecule has 2 aromatic heterocycles. The summed E-state index contributed by atoms with van der Waals surface area (Å²) in [5.74, 6) is -0.789. The number of amides is 1. The average Bonchev–Trinajstić information content (AvgIpc) is 3.33. The van der Waals surface area contributed by atoms with E-state index < -0.39 is 11.9 Å². The van der Waals surface area contributed by atoms with Crippen LogP contribution >= 0.6 is 11.3 Å². The molecular formula is C20H19N3O4S. The van der Waals surface area contributed by atoms with Gasteiger partial charge >= 0.3 is 5.97 Å². The van der Waals surface area contributed by atoms with Crippen LogP contribution in [0.4, 0.5) is 5.69 Å². The number of hydrogen-bond acceptors (Lipinski definition) is 6. The van der Waals surface area contributed by atoms with Gasteiger partial charge in [-0.05, 0) is 29.5 Å². The van der Waals surface area contributed by atoms with Crippen molar-refractivity contribution in [2.75, 3.05) is 11.4 Å². The highest BCUT2D eigenvalue weighted by Gasteiger charge is 2.36. The molecule has 1 aliphatic rings. The number of ether oxygens (including phenoxy) is 1. The van der Waals surface area contributed by atoms with Crippen molar-refractivity contribution in [3.8, 4) is 0 Å². The minimum Gasteiger partial charge on any atom is -0.457 e. The van der Waals surface area contributed by atoms with Gasteiger partial charge in [0, 0.05) is 18.7 Å². The molecule has 0 unspecified atom stereocenters. The minimum absolute atomic E-state index is 0.0888. The van der Waals surface area contributed by atoms with E-state index >= 15 is 0 Å². The molecule has 3 heterocycles. The number of nitrogens with one attached hydrogen (secondary N) is 1. The zero-order chi connectivity index (χ0) is 19.7. The van der Waals surface area contributed by atoms with Gasteiger partial charge in [-0.3, -0.25) is 14.4 Å². The van der Waals surface area contributed by atoms with E-state index in [4.69, 9.17) is 4.74 Å². The van der Waals surface area contributed by atoms with Gasteiger partial charge in [0.2, 0.25) is 5.91 Å². The number of esters is 1. The van der Waals surface area contributed by atoms with Crippen LogP contribution < -0.4 is 10.5 Å². The highest BCUT2D eigenvalue weighted by molar-refractivity contribution is 7.17. The molecule has 1 saturated heterocycles. The van der Waals surface area contributed by atoms with Gasteiger partial charge in [-0.15, -0.1) is 11.3 Å². The van der Waals surface area contributed by atoms with Crippen LogP contribution in [-0.4, -0.2) is 28.4 Å². The summed E-state index contributed by atoms with van der Waals surface area (Å²) in [6.45, 7) is 2.20. The molecule has 0 bridgehead atoms. The van der Waals surface area contributed by atoms with E-state index in [0.29, 0.717) is 22.6 Å². The summed E-state index contributed by atoms with van der Waals surface area (Å²) in [6.07, 6.45) is 0.920. The topological polar surface area (TPSA) is 92.4 Å². The monoisotopic (exact) mass is 397 g/mol. The number of H-pyrrole nitrogens is 1. The van der Waals surface area contributed by atoms with Crippen molar-refractivity contribution in [3.05, 3.63) is 57.5 Å². The summed E-state index contributed by atoms with van der Waals surface area (Å²) in [5.41, 5.74) is 2.25. The molecule has 144 valence electrons. The van der Waals surface area contributed by atoms with Crippen molar-refractivity contribution in [2.24, 2.45) is 5.92 Å². The molecule has 0 aliphatic carbocycles. The molecule has 1 N–H and O–H groups in total. The standard InChI is InChI=1S/C20H19N3O4S/c1-2-12-5-3-4-6-15(12)23-10-13(9-17(23)24)20(26)27-11-16-21-14-7-8-28-18(14)19(25)22-16/h3-8,13H,2,9-11H2,1H3,(H,21,22,25)/t13-/m0/s1. The van der Waals surface area contributed by atoms with Crippen molar-refractivity contribution in [1.82, 2.24) is 9.97 Å². The molecule has 1 amide bonds. The predicted molar refractivity (Wildman–Crippen MR) is 106 cm³/mol. The maximum Gasteiger partial charge on any atom is 0.311 e. The first-order chi connectivity index (χ1) is 13.6. The van der Waals surface area contributed by atoms with Crippen molar-refractivity contribution >= 4 is 39.1 Å². The lowest BCUT2D eigenvalue weighted by Gasteiger charge is -2.19. The molecule has 4 rings (SSSR count). The number of para-hydroxylation sites is 1. The number of aromatic amines is 1. The number of hydrogen-bond donors (Lipinski definition) is 1. The van der Waals surface area contributed by atoms with Crippen LogP contribution in [0.15, 0.2) is 40.5 Å². The van der Waals surface area contributed by atoms with E-state index in [1.807, 2.05) is 31.2 Å². The van der Waals surface area contributed by atoms with E-state index in [0.717, 1.165) is 17.7 Å². The molecule has 1 fully saturated rings. The number of anilines is 1. The maximum absolute atomic E-state index is 12.5. The van der Waals surface area contributed by atoms with Crippen LogP contribution in [0.25, 0.3) is 10.2 Å². The molecule has 0 radical (unpaired) electrons. The number of aromatic nitrogens is 2. The molecule has 0 spiro atoms. The van der Waals surface area contributed by atoms with E-state index in [2.05, 4.69) is 9.97 Å². The molecule has 8 heteroatoms. The van der Waals surface area contributed by atoms with Gasteiger partial charge in [0.05, 0.1) is 11.4 Å². The Kier molecular flexibility index (Phi) is 4.95. The first-order valence-electron chi connectivity index (χ1n) is 9.08. The second-order valence-corrected chi connectivity index (χ2v) is 7.56. The molecule has 1 aliphatic heterocycles. The Morgan fingerprint density at radius 1 is 1.32 bits per heavy atom. The average molecular weight is 397 g/mol. The third-order valence-corrected chi connectivity index (χ3v) is 5.74. The summed E-state index contributed by atoms with van der Waals surface area (Å²) in [5, 5.41) is 1.79. The van der Waals surface area contributed by atoms with Crippen LogP contribution in [0.1, 0.15) is 24.7 Å². The van der Waals surface area contributed by atoms with Crippen molar-refractivity contribution in [2.45, 2.75) is 26.4 Å². The van der Waals surface area contributed by atoms with Crippen LogP contribution in [0, 0.1) is 5.92 Å². The van der Waals surface area contributed by atoms with Crippen molar-refractivity contribution in [1.29, 1.82) is 0 Å². The summed E-state index contributed by atoms with van der Waals surface area (Å²) in [4.78, 5) is 45.5. The first-order valence-corrected chi connectivity index (χ1v) is 9.96. The number of carbonyl (C=O) groups excluding carboxylic acids is 2. The van der Waals surface area contributed by atoms with Gasteiger partial charge in [0.1, 0.15) is 17.1 Å². The quantitative estimate of drug-likeness (QED) is 0.668. The van der Waals surface area contributed by atoms with E-state index in [1.54, 1.807) is 16.3 Å². The van der Waals surface area contributed by atoms with Gasteiger partial charge in [0.25, 0.3) is 5.56 Å². The molecule has 0 saturated carbocycles. The lowest BCUT2D eigenvalue weighted by Crippen LogP contribution is -2.27. The third kappa shape index (κ3) is 3.43. The molecule has 1 aromatic carbocycles. The highest BCUT2D eigenvalue weighted by Crippen LogP contribution is 2.29. The fourth-order valence-corrected chi connectivity index (χ4v) is 4.14. The Balaban J connectivity index is 1.44. The zero-order valence-electron chi connectivity index (χ0n) is 15.3. The Morgan fingerprint density at radius 3 is 2.96 bits per heavy atom. The Bertz CT molecular complexity index is 1100. The number of fused-ring (bicyclic) bond motifs is 1. The normalized spacial score (nSPS) is 16.7. The summed E-state index contributed by atoms with van der Waals surface area (Å²) in [7, 11) is 0. The van der Waals surface area contributed by atoms with E-state index in [1.165, 1.54) is 11.3 Å². The molecule has 28 heavy (non-hydrogen) atoms. The smallest absolute Gasteiger partial charge is 0.311 e. The Hall–Kier alpha value is -3.00. The number of benzene rings is 1. The van der Waals surface area contributed by atoms with Gasteiger partial charge in [0.15, 0.2) is 0 Å². The Morgan fingerprint density at radius 2 is 2.14 bits per heavy atom. The van der Waals surface area contributed by atoms with Gasteiger partial charge < -0.3 is 14.6 Å². The number of nitrogens with zero attached hydrogens (tertiary/aromatic N) is 2. The van der Waals surface area contributed by atoms with Crippen LogP contribution in [-0.2, 0) is 27.4 Å². The number of rotatable bonds is 5. The van der Waals surface area contributed by atoms with E-state index in [-0.39, 0.29) is 24.5 Å². The first kappa shape index (κ1) is 18.4. The summed E-state index contributed by atoms with van der Waals surface area (Å²) in [6, 6.07) is 9.45. The second-order valence-electron chi connectivity index (χ2n) is 6.64. The minimum atomic E-state index is -0.533. The SMILES string of the molecule is CCc1ccccc1N1C[C@@H](C(=O)OCc2nc3ccsc3c(=O)[nH]2)CC1=O. The molecular weight excluding hydrogens is 378 g/mol. The lowest BCUT2D eigenvalue weighted by molar-refractivity contribution is -0.149. The second kappa shape index (κ2) is 7.55. The highest BCUT2D eigenvalue weighted by atomic mass is 32.1. The maximum atomic E-state index is 12.5. The van der Waals surface area contributed by atoms with Gasteiger partial charge in [-0.1, -0.05) is 25.1 Å². The number of thiophene rings is 1. The largest absolute Gasteiger partial charge is 0.457 e. The van der Waals surface area contributed by atoms with Gasteiger partial charge in [-0.2, -0.15) is 0 Å². The van der Waals surface area contributed by atoms with E-state index in [9.17, 15) is 14.4 Å². The van der Waals surface area contributed by atoms with Crippen molar-refractivity contribution < 1.29 is 14.3 Å². The molecule has 7 nitrogen and oxygen atoms in total. The third-order valence-electron chi connectivity index (χ3n) is 4.84. The van der Waals surface area contributed by atoms with Crippen molar-refractivity contribution in [3.63, 3.8) is 0 Å². The predicted octanol–water partition coefficient (Wildman–Crippen LogP) is 2.64. The summed E-state index contributed by atoms with van der Waals surface area (Å²) >= 11 is 1.31. The zero-order valence-corrected chi connectivity index (χ0v) is 16.1. The fourth-order valence-electron chi connectivity index (χ4n) is 3.42. The van der Waals surface area contributed by atoms with Gasteiger partial charge in [-0.25, -0.2) is 4.98 Å². The number of aryl methyl sites for hydroxylation is 1. The lowest BCUT2D eigenvalue weighted by atomic mass is 10.1. The number of carbonyl (C=O) groups is 2. The molecule has 1 atom stereocenters.